The first-order valence-electron chi connectivity index (χ1n) is 10.2. The SMILES string of the molecule is C=CC(=O)N1CCC(N=C(C#Cc2cc(OC)cc(OC)c2)c2c(N)n[nH]c(=O)c2N)CC1. The van der Waals surface area contributed by atoms with Crippen LogP contribution in [0.2, 0.25) is 0 Å². The fourth-order valence-corrected chi connectivity index (χ4v) is 3.42. The van der Waals surface area contributed by atoms with E-state index in [2.05, 4.69) is 28.6 Å². The molecule has 1 aliphatic rings. The molecule has 0 atom stereocenters. The van der Waals surface area contributed by atoms with Gasteiger partial charge in [0.1, 0.15) is 22.9 Å². The van der Waals surface area contributed by atoms with Crippen LogP contribution < -0.4 is 26.5 Å². The van der Waals surface area contributed by atoms with Crippen LogP contribution in [0.4, 0.5) is 11.5 Å². The second-order valence-corrected chi connectivity index (χ2v) is 7.32. The summed E-state index contributed by atoms with van der Waals surface area (Å²) in [4.78, 5) is 30.4. The number of ether oxygens (including phenoxy) is 2. The number of carbonyl (C=O) groups is 1. The first-order chi connectivity index (χ1) is 15.9. The summed E-state index contributed by atoms with van der Waals surface area (Å²) < 4.78 is 10.6. The normalized spacial score (nSPS) is 14.2. The Morgan fingerprint density at radius 1 is 1.24 bits per heavy atom. The van der Waals surface area contributed by atoms with Gasteiger partial charge in [0.05, 0.1) is 25.8 Å². The fraction of sp³-hybridized carbons (Fsp3) is 0.304. The Bertz CT molecular complexity index is 1180. The number of aromatic amines is 1. The summed E-state index contributed by atoms with van der Waals surface area (Å²) in [6, 6.07) is 5.08. The predicted molar refractivity (Wildman–Crippen MR) is 126 cm³/mol. The standard InChI is InChI=1S/C23H26N6O4/c1-4-19(30)29-9-7-15(8-10-29)26-18(20-21(24)23(31)28-27-22(20)25)6-5-14-11-16(32-2)13-17(12-14)33-3/h4,11-13,15H,1,7-10H2,2-3H3,(H,28,31)(H4,24,25,27). The lowest BCUT2D eigenvalue weighted by Gasteiger charge is -2.29. The summed E-state index contributed by atoms with van der Waals surface area (Å²) in [5.41, 5.74) is 12.4. The van der Waals surface area contributed by atoms with Crippen LogP contribution in [-0.2, 0) is 4.79 Å². The van der Waals surface area contributed by atoms with E-state index in [1.807, 2.05) is 0 Å². The topological polar surface area (TPSA) is 149 Å². The molecule has 33 heavy (non-hydrogen) atoms. The first-order valence-corrected chi connectivity index (χ1v) is 10.2. The van der Waals surface area contributed by atoms with Crippen molar-refractivity contribution in [3.8, 4) is 23.3 Å². The Balaban J connectivity index is 2.02. The number of H-pyrrole nitrogens is 1. The average molecular weight is 450 g/mol. The van der Waals surface area contributed by atoms with Gasteiger partial charge >= 0.3 is 0 Å². The number of rotatable bonds is 5. The Hall–Kier alpha value is -4.26. The summed E-state index contributed by atoms with van der Waals surface area (Å²) in [7, 11) is 3.09. The Morgan fingerprint density at radius 2 is 1.88 bits per heavy atom. The molecule has 2 aromatic rings. The smallest absolute Gasteiger partial charge is 0.288 e. The molecule has 0 saturated carbocycles. The summed E-state index contributed by atoms with van der Waals surface area (Å²) in [5.74, 6) is 7.07. The first kappa shape index (κ1) is 23.4. The van der Waals surface area contributed by atoms with Crippen molar-refractivity contribution in [1.29, 1.82) is 0 Å². The molecule has 10 heteroatoms. The van der Waals surface area contributed by atoms with Crippen molar-refractivity contribution < 1.29 is 14.3 Å². The van der Waals surface area contributed by atoms with Crippen LogP contribution >= 0.6 is 0 Å². The lowest BCUT2D eigenvalue weighted by Crippen LogP contribution is -2.39. The number of nitrogens with zero attached hydrogens (tertiary/aromatic N) is 3. The molecule has 0 bridgehead atoms. The van der Waals surface area contributed by atoms with Crippen molar-refractivity contribution in [2.45, 2.75) is 18.9 Å². The minimum Gasteiger partial charge on any atom is -0.497 e. The zero-order valence-electron chi connectivity index (χ0n) is 18.6. The highest BCUT2D eigenvalue weighted by Gasteiger charge is 2.23. The van der Waals surface area contributed by atoms with Gasteiger partial charge in [-0.3, -0.25) is 14.6 Å². The highest BCUT2D eigenvalue weighted by atomic mass is 16.5. The van der Waals surface area contributed by atoms with E-state index in [-0.39, 0.29) is 34.7 Å². The van der Waals surface area contributed by atoms with E-state index in [4.69, 9.17) is 25.9 Å². The molecule has 1 fully saturated rings. The van der Waals surface area contributed by atoms with Gasteiger partial charge in [0.25, 0.3) is 5.56 Å². The second kappa shape index (κ2) is 10.4. The van der Waals surface area contributed by atoms with E-state index in [9.17, 15) is 9.59 Å². The zero-order chi connectivity index (χ0) is 24.0. The molecule has 1 aromatic heterocycles. The van der Waals surface area contributed by atoms with Gasteiger partial charge in [0.2, 0.25) is 5.91 Å². The monoisotopic (exact) mass is 450 g/mol. The van der Waals surface area contributed by atoms with Crippen LogP contribution in [0, 0.1) is 11.8 Å². The number of nitrogens with two attached hydrogens (primary N) is 2. The minimum absolute atomic E-state index is 0.0163. The summed E-state index contributed by atoms with van der Waals surface area (Å²) >= 11 is 0. The number of aliphatic imine (C=N–C) groups is 1. The molecule has 1 aromatic carbocycles. The third kappa shape index (κ3) is 5.51. The van der Waals surface area contributed by atoms with Crippen LogP contribution in [0.3, 0.4) is 0 Å². The molecule has 0 radical (unpaired) electrons. The maximum absolute atomic E-state index is 12.1. The van der Waals surface area contributed by atoms with E-state index in [1.54, 1.807) is 37.3 Å². The number of hydrogen-bond donors (Lipinski definition) is 3. The third-order valence-corrected chi connectivity index (χ3v) is 5.22. The number of methoxy groups -OCH3 is 2. The van der Waals surface area contributed by atoms with Crippen molar-refractivity contribution in [3.05, 3.63) is 52.3 Å². The molecule has 0 aliphatic carbocycles. The van der Waals surface area contributed by atoms with Crippen molar-refractivity contribution in [2.24, 2.45) is 4.99 Å². The number of hydrogen-bond acceptors (Lipinski definition) is 8. The fourth-order valence-electron chi connectivity index (χ4n) is 3.42. The molecule has 0 unspecified atom stereocenters. The molecular weight excluding hydrogens is 424 g/mol. The highest BCUT2D eigenvalue weighted by Crippen LogP contribution is 2.23. The molecule has 1 amide bonds. The number of carbonyl (C=O) groups excluding carboxylic acids is 1. The number of piperidine rings is 1. The van der Waals surface area contributed by atoms with Crippen molar-refractivity contribution in [3.63, 3.8) is 0 Å². The Morgan fingerprint density at radius 3 is 2.45 bits per heavy atom. The molecule has 0 spiro atoms. The molecule has 1 saturated heterocycles. The average Bonchev–Trinajstić information content (AvgIpc) is 2.84. The number of nitrogen functional groups attached to an aromatic ring is 2. The van der Waals surface area contributed by atoms with Crippen LogP contribution in [0.25, 0.3) is 0 Å². The van der Waals surface area contributed by atoms with Crippen LogP contribution in [0.5, 0.6) is 11.5 Å². The molecule has 5 N–H and O–H groups in total. The van der Waals surface area contributed by atoms with Gasteiger partial charge in [0, 0.05) is 24.7 Å². The molecule has 10 nitrogen and oxygen atoms in total. The van der Waals surface area contributed by atoms with Gasteiger partial charge < -0.3 is 25.8 Å². The summed E-state index contributed by atoms with van der Waals surface area (Å²) in [6.45, 7) is 4.59. The zero-order valence-corrected chi connectivity index (χ0v) is 18.6. The van der Waals surface area contributed by atoms with Gasteiger partial charge in [0.15, 0.2) is 5.82 Å². The minimum atomic E-state index is -0.580. The number of amides is 1. The lowest BCUT2D eigenvalue weighted by molar-refractivity contribution is -0.126. The van der Waals surface area contributed by atoms with Gasteiger partial charge in [-0.2, -0.15) is 5.10 Å². The van der Waals surface area contributed by atoms with Crippen molar-refractivity contribution in [1.82, 2.24) is 15.1 Å². The van der Waals surface area contributed by atoms with Crippen LogP contribution in [-0.4, -0.2) is 60.1 Å². The van der Waals surface area contributed by atoms with E-state index in [1.165, 1.54) is 6.08 Å². The van der Waals surface area contributed by atoms with Gasteiger partial charge in [-0.25, -0.2) is 5.10 Å². The van der Waals surface area contributed by atoms with E-state index in [0.717, 1.165) is 0 Å². The largest absolute Gasteiger partial charge is 0.497 e. The van der Waals surface area contributed by atoms with E-state index >= 15 is 0 Å². The second-order valence-electron chi connectivity index (χ2n) is 7.32. The number of anilines is 2. The van der Waals surface area contributed by atoms with Gasteiger partial charge in [-0.15, -0.1) is 0 Å². The maximum Gasteiger partial charge on any atom is 0.288 e. The molecule has 2 heterocycles. The molecule has 3 rings (SSSR count). The van der Waals surface area contributed by atoms with Gasteiger partial charge in [-0.1, -0.05) is 12.5 Å². The third-order valence-electron chi connectivity index (χ3n) is 5.22. The number of aromatic nitrogens is 2. The molecule has 1 aliphatic heterocycles. The quantitative estimate of drug-likeness (QED) is 0.349. The summed E-state index contributed by atoms with van der Waals surface area (Å²) in [5, 5.41) is 6.07. The Labute approximate surface area is 191 Å². The summed E-state index contributed by atoms with van der Waals surface area (Å²) in [6.07, 6.45) is 2.54. The van der Waals surface area contributed by atoms with Gasteiger partial charge in [-0.05, 0) is 37.0 Å². The van der Waals surface area contributed by atoms with Crippen LogP contribution in [0.1, 0.15) is 24.0 Å². The maximum atomic E-state index is 12.1. The number of benzene rings is 1. The van der Waals surface area contributed by atoms with Crippen molar-refractivity contribution >= 4 is 23.1 Å². The lowest BCUT2D eigenvalue weighted by atomic mass is 10.0. The van der Waals surface area contributed by atoms with Crippen LogP contribution in [0.15, 0.2) is 40.6 Å². The number of likely N-dealkylation sites (tertiary alicyclic amines) is 1. The predicted octanol–water partition coefficient (Wildman–Crippen LogP) is 0.969. The number of nitrogens with one attached hydrogen (secondary N) is 1. The highest BCUT2D eigenvalue weighted by molar-refractivity contribution is 6.18. The van der Waals surface area contributed by atoms with Crippen molar-refractivity contribution in [2.75, 3.05) is 38.8 Å². The van der Waals surface area contributed by atoms with E-state index < -0.39 is 5.56 Å². The van der Waals surface area contributed by atoms with E-state index in [0.29, 0.717) is 43.0 Å². The molecule has 172 valence electrons. The Kier molecular flexibility index (Phi) is 7.35. The molecular formula is C23H26N6O4.